The Morgan fingerprint density at radius 3 is 2.52 bits per heavy atom. The summed E-state index contributed by atoms with van der Waals surface area (Å²) in [6.07, 6.45) is -5.50. The Hall–Kier alpha value is -2.22. The van der Waals surface area contributed by atoms with Gasteiger partial charge in [-0.1, -0.05) is 17.7 Å². The van der Waals surface area contributed by atoms with Gasteiger partial charge in [0.05, 0.1) is 22.9 Å². The third-order valence-electron chi connectivity index (χ3n) is 3.12. The van der Waals surface area contributed by atoms with Gasteiger partial charge in [-0.3, -0.25) is 5.32 Å². The number of anilines is 1. The Kier molecular flexibility index (Phi) is 7.29. The second-order valence-electron chi connectivity index (χ2n) is 4.89. The van der Waals surface area contributed by atoms with Crippen molar-refractivity contribution in [1.82, 2.24) is 0 Å². The van der Waals surface area contributed by atoms with Crippen LogP contribution in [-0.2, 0) is 20.4 Å². The molecule has 0 aliphatic carbocycles. The Balaban J connectivity index is 2.96. The smallest absolute Gasteiger partial charge is 0.416 e. The zero-order chi connectivity index (χ0) is 19.2. The molecule has 0 spiro atoms. The van der Waals surface area contributed by atoms with Crippen molar-refractivity contribution < 1.29 is 32.2 Å². The van der Waals surface area contributed by atoms with Gasteiger partial charge in [-0.05, 0) is 44.5 Å². The summed E-state index contributed by atoms with van der Waals surface area (Å²) < 4.78 is 48.0. The van der Waals surface area contributed by atoms with Crippen molar-refractivity contribution in [2.75, 3.05) is 11.9 Å². The average molecular weight is 380 g/mol. The number of hydrogen-bond acceptors (Lipinski definition) is 4. The van der Waals surface area contributed by atoms with E-state index in [2.05, 4.69) is 5.32 Å². The molecule has 138 valence electrons. The topological polar surface area (TPSA) is 64.6 Å². The Bertz CT molecular complexity index is 674. The number of nitrogens with one attached hydrogen (secondary N) is 1. The Morgan fingerprint density at radius 2 is 2.00 bits per heavy atom. The maximum Gasteiger partial charge on any atom is 0.416 e. The summed E-state index contributed by atoms with van der Waals surface area (Å²) in [4.78, 5) is 23.8. The van der Waals surface area contributed by atoms with Crippen LogP contribution in [0.3, 0.4) is 0 Å². The maximum atomic E-state index is 12.7. The summed E-state index contributed by atoms with van der Waals surface area (Å²) in [6.45, 7) is 4.85. The van der Waals surface area contributed by atoms with E-state index in [0.29, 0.717) is 11.6 Å². The molecule has 0 heterocycles. The van der Waals surface area contributed by atoms with Gasteiger partial charge in [-0.25, -0.2) is 9.59 Å². The SMILES string of the molecule is CC=C(C)C(OC(=O)Nc1cc(C(F)(F)F)ccc1Cl)C(=O)OCC. The largest absolute Gasteiger partial charge is 0.463 e. The van der Waals surface area contributed by atoms with E-state index in [-0.39, 0.29) is 17.3 Å². The van der Waals surface area contributed by atoms with Crippen molar-refractivity contribution in [2.24, 2.45) is 0 Å². The van der Waals surface area contributed by atoms with Crippen LogP contribution >= 0.6 is 11.6 Å². The normalized spacial score (nSPS) is 13.2. The van der Waals surface area contributed by atoms with Crippen molar-refractivity contribution in [3.05, 3.63) is 40.4 Å². The molecular formula is C16H17ClF3NO4. The molecule has 1 aromatic carbocycles. The summed E-state index contributed by atoms with van der Waals surface area (Å²) >= 11 is 5.79. The van der Waals surface area contributed by atoms with Gasteiger partial charge in [-0.2, -0.15) is 13.2 Å². The van der Waals surface area contributed by atoms with Crippen molar-refractivity contribution in [3.63, 3.8) is 0 Å². The van der Waals surface area contributed by atoms with Crippen molar-refractivity contribution in [1.29, 1.82) is 0 Å². The van der Waals surface area contributed by atoms with E-state index < -0.39 is 29.9 Å². The standard InChI is InChI=1S/C16H17ClF3NO4/c1-4-9(3)13(14(22)24-5-2)25-15(23)21-12-8-10(16(18,19)20)6-7-11(12)17/h4,6-8,13H,5H2,1-3H3,(H,21,23). The minimum absolute atomic E-state index is 0.0801. The van der Waals surface area contributed by atoms with Gasteiger partial charge in [0.15, 0.2) is 0 Å². The number of carbonyl (C=O) groups excluding carboxylic acids is 2. The Morgan fingerprint density at radius 1 is 1.36 bits per heavy atom. The fourth-order valence-corrected chi connectivity index (χ4v) is 1.90. The van der Waals surface area contributed by atoms with E-state index in [1.165, 1.54) is 0 Å². The molecular weight excluding hydrogens is 363 g/mol. The Labute approximate surface area is 147 Å². The van der Waals surface area contributed by atoms with Gasteiger partial charge >= 0.3 is 18.2 Å². The first kappa shape index (κ1) is 20.8. The lowest BCUT2D eigenvalue weighted by atomic mass is 10.1. The molecule has 9 heteroatoms. The highest BCUT2D eigenvalue weighted by Crippen LogP contribution is 2.33. The highest BCUT2D eigenvalue weighted by Gasteiger charge is 2.31. The predicted octanol–water partition coefficient (Wildman–Crippen LogP) is 4.81. The fourth-order valence-electron chi connectivity index (χ4n) is 1.74. The number of halogens is 4. The first-order valence-corrected chi connectivity index (χ1v) is 7.61. The third kappa shape index (κ3) is 5.97. The van der Waals surface area contributed by atoms with Gasteiger partial charge < -0.3 is 9.47 Å². The lowest BCUT2D eigenvalue weighted by molar-refractivity contribution is -0.150. The molecule has 1 N–H and O–H groups in total. The van der Waals surface area contributed by atoms with Gasteiger partial charge in [0.25, 0.3) is 0 Å². The lowest BCUT2D eigenvalue weighted by Gasteiger charge is -2.18. The van der Waals surface area contributed by atoms with E-state index in [1.807, 2.05) is 0 Å². The van der Waals surface area contributed by atoms with Crippen molar-refractivity contribution in [3.8, 4) is 0 Å². The van der Waals surface area contributed by atoms with Crippen LogP contribution in [0.25, 0.3) is 0 Å². The van der Waals surface area contributed by atoms with Gasteiger partial charge in [0, 0.05) is 0 Å². The number of allylic oxidation sites excluding steroid dienone is 1. The van der Waals surface area contributed by atoms with Gasteiger partial charge in [-0.15, -0.1) is 0 Å². The van der Waals surface area contributed by atoms with Gasteiger partial charge in [0.1, 0.15) is 0 Å². The first-order valence-electron chi connectivity index (χ1n) is 7.24. The number of amides is 1. The van der Waals surface area contributed by atoms with E-state index in [4.69, 9.17) is 21.1 Å². The van der Waals surface area contributed by atoms with Crippen molar-refractivity contribution >= 4 is 29.4 Å². The lowest BCUT2D eigenvalue weighted by Crippen LogP contribution is -2.32. The zero-order valence-corrected chi connectivity index (χ0v) is 14.5. The molecule has 1 atom stereocenters. The van der Waals surface area contributed by atoms with Crippen LogP contribution in [0.4, 0.5) is 23.7 Å². The zero-order valence-electron chi connectivity index (χ0n) is 13.7. The minimum atomic E-state index is -4.60. The number of ether oxygens (including phenoxy) is 2. The van der Waals surface area contributed by atoms with Gasteiger partial charge in [0.2, 0.25) is 6.10 Å². The molecule has 0 aliphatic rings. The molecule has 0 aliphatic heterocycles. The molecule has 1 rings (SSSR count). The molecule has 25 heavy (non-hydrogen) atoms. The molecule has 0 saturated carbocycles. The summed E-state index contributed by atoms with van der Waals surface area (Å²) in [5.74, 6) is -0.789. The number of esters is 1. The van der Waals surface area contributed by atoms with Crippen LogP contribution in [0.1, 0.15) is 26.3 Å². The third-order valence-corrected chi connectivity index (χ3v) is 3.45. The second kappa shape index (κ2) is 8.75. The highest BCUT2D eigenvalue weighted by molar-refractivity contribution is 6.33. The quantitative estimate of drug-likeness (QED) is 0.589. The van der Waals surface area contributed by atoms with Crippen LogP contribution in [-0.4, -0.2) is 24.8 Å². The molecule has 1 amide bonds. The van der Waals surface area contributed by atoms with Crippen LogP contribution in [0.2, 0.25) is 5.02 Å². The summed E-state index contributed by atoms with van der Waals surface area (Å²) in [6, 6.07) is 2.45. The fraction of sp³-hybridized carbons (Fsp3) is 0.375. The number of hydrogen-bond donors (Lipinski definition) is 1. The average Bonchev–Trinajstić information content (AvgIpc) is 2.53. The minimum Gasteiger partial charge on any atom is -0.463 e. The number of alkyl halides is 3. The predicted molar refractivity (Wildman–Crippen MR) is 86.4 cm³/mol. The molecule has 0 fully saturated rings. The molecule has 0 aromatic heterocycles. The first-order chi connectivity index (χ1) is 11.6. The second-order valence-corrected chi connectivity index (χ2v) is 5.29. The van der Waals surface area contributed by atoms with E-state index >= 15 is 0 Å². The number of benzene rings is 1. The van der Waals surface area contributed by atoms with E-state index in [0.717, 1.165) is 12.1 Å². The van der Waals surface area contributed by atoms with E-state index in [1.54, 1.807) is 26.8 Å². The summed E-state index contributed by atoms with van der Waals surface area (Å²) in [7, 11) is 0. The highest BCUT2D eigenvalue weighted by atomic mass is 35.5. The molecule has 0 bridgehead atoms. The monoisotopic (exact) mass is 379 g/mol. The molecule has 0 saturated heterocycles. The molecule has 5 nitrogen and oxygen atoms in total. The molecule has 1 aromatic rings. The number of rotatable bonds is 5. The summed E-state index contributed by atoms with van der Waals surface area (Å²) in [5, 5.41) is 1.99. The molecule has 1 unspecified atom stereocenters. The maximum absolute atomic E-state index is 12.7. The van der Waals surface area contributed by atoms with Crippen LogP contribution in [0.15, 0.2) is 29.8 Å². The van der Waals surface area contributed by atoms with Crippen molar-refractivity contribution in [2.45, 2.75) is 33.1 Å². The number of carbonyl (C=O) groups is 2. The van der Waals surface area contributed by atoms with Crippen LogP contribution < -0.4 is 5.32 Å². The van der Waals surface area contributed by atoms with E-state index in [9.17, 15) is 22.8 Å². The van der Waals surface area contributed by atoms with Crippen LogP contribution in [0, 0.1) is 0 Å². The summed E-state index contributed by atoms with van der Waals surface area (Å²) in [5.41, 5.74) is -0.871. The van der Waals surface area contributed by atoms with Crippen LogP contribution in [0.5, 0.6) is 0 Å². The molecule has 0 radical (unpaired) electrons.